The SMILES string of the molecule is CC1C(=O)N(C)C(=O)N1C(C)(O)O. The first-order valence-corrected chi connectivity index (χ1v) is 3.82. The molecule has 2 N–H and O–H groups in total. The first-order valence-electron chi connectivity index (χ1n) is 3.82. The average molecular weight is 188 g/mol. The Labute approximate surface area is 75.4 Å². The van der Waals surface area contributed by atoms with E-state index in [1.807, 2.05) is 0 Å². The highest BCUT2D eigenvalue weighted by atomic mass is 16.5. The number of amides is 3. The number of rotatable bonds is 1. The zero-order valence-corrected chi connectivity index (χ0v) is 7.68. The topological polar surface area (TPSA) is 81.1 Å². The summed E-state index contributed by atoms with van der Waals surface area (Å²) >= 11 is 0. The van der Waals surface area contributed by atoms with Crippen LogP contribution in [0, 0.1) is 0 Å². The zero-order chi connectivity index (χ0) is 10.4. The van der Waals surface area contributed by atoms with Crippen LogP contribution in [0.15, 0.2) is 0 Å². The Balaban J connectivity index is 3.01. The molecule has 1 saturated heterocycles. The smallest absolute Gasteiger partial charge is 0.331 e. The highest BCUT2D eigenvalue weighted by Gasteiger charge is 2.47. The molecule has 0 aromatic heterocycles. The van der Waals surface area contributed by atoms with Crippen molar-refractivity contribution in [1.82, 2.24) is 9.80 Å². The van der Waals surface area contributed by atoms with Gasteiger partial charge in [-0.15, -0.1) is 0 Å². The Hall–Kier alpha value is -1.14. The van der Waals surface area contributed by atoms with Gasteiger partial charge in [0.05, 0.1) is 0 Å². The average Bonchev–Trinajstić information content (AvgIpc) is 2.14. The Morgan fingerprint density at radius 2 is 1.85 bits per heavy atom. The summed E-state index contributed by atoms with van der Waals surface area (Å²) in [4.78, 5) is 24.1. The van der Waals surface area contributed by atoms with E-state index in [9.17, 15) is 19.8 Å². The Morgan fingerprint density at radius 1 is 1.38 bits per heavy atom. The van der Waals surface area contributed by atoms with E-state index in [1.54, 1.807) is 0 Å². The van der Waals surface area contributed by atoms with E-state index in [1.165, 1.54) is 14.0 Å². The van der Waals surface area contributed by atoms with Gasteiger partial charge in [-0.05, 0) is 6.92 Å². The maximum atomic E-state index is 11.3. The molecule has 6 heteroatoms. The molecule has 1 aliphatic rings. The molecule has 13 heavy (non-hydrogen) atoms. The lowest BCUT2D eigenvalue weighted by Gasteiger charge is -2.29. The lowest BCUT2D eigenvalue weighted by atomic mass is 10.3. The third-order valence-electron chi connectivity index (χ3n) is 2.02. The van der Waals surface area contributed by atoms with Crippen LogP contribution in [0.5, 0.6) is 0 Å². The van der Waals surface area contributed by atoms with Crippen molar-refractivity contribution in [3.8, 4) is 0 Å². The predicted octanol–water partition coefficient (Wildman–Crippen LogP) is -1.07. The van der Waals surface area contributed by atoms with Crippen LogP contribution in [0.4, 0.5) is 4.79 Å². The molecule has 0 spiro atoms. The maximum Gasteiger partial charge on any atom is 0.331 e. The fraction of sp³-hybridized carbons (Fsp3) is 0.714. The Kier molecular flexibility index (Phi) is 2.05. The van der Waals surface area contributed by atoms with Crippen molar-refractivity contribution in [2.75, 3.05) is 7.05 Å². The summed E-state index contributed by atoms with van der Waals surface area (Å²) in [6.45, 7) is 2.47. The fourth-order valence-corrected chi connectivity index (χ4v) is 1.36. The minimum Gasteiger partial charge on any atom is -0.349 e. The number of likely N-dealkylation sites (N-methyl/N-ethyl adjacent to an activating group) is 1. The molecule has 1 fully saturated rings. The van der Waals surface area contributed by atoms with Crippen molar-refractivity contribution in [2.45, 2.75) is 25.8 Å². The quantitative estimate of drug-likeness (QED) is 0.405. The van der Waals surface area contributed by atoms with Gasteiger partial charge in [0.1, 0.15) is 6.04 Å². The molecule has 74 valence electrons. The molecule has 3 amide bonds. The van der Waals surface area contributed by atoms with Crippen LogP contribution >= 0.6 is 0 Å². The van der Waals surface area contributed by atoms with Crippen molar-refractivity contribution in [1.29, 1.82) is 0 Å². The lowest BCUT2D eigenvalue weighted by Crippen LogP contribution is -2.51. The molecule has 1 aliphatic heterocycles. The maximum absolute atomic E-state index is 11.3. The third-order valence-corrected chi connectivity index (χ3v) is 2.02. The highest BCUT2D eigenvalue weighted by Crippen LogP contribution is 2.22. The number of nitrogens with zero attached hydrogens (tertiary/aromatic N) is 2. The minimum atomic E-state index is -2.29. The van der Waals surface area contributed by atoms with Gasteiger partial charge in [0.25, 0.3) is 5.91 Å². The largest absolute Gasteiger partial charge is 0.349 e. The summed E-state index contributed by atoms with van der Waals surface area (Å²) < 4.78 is 0. The van der Waals surface area contributed by atoms with Crippen molar-refractivity contribution in [3.63, 3.8) is 0 Å². The summed E-state index contributed by atoms with van der Waals surface area (Å²) in [6.07, 6.45) is 0. The number of hydrogen-bond donors (Lipinski definition) is 2. The van der Waals surface area contributed by atoms with Crippen LogP contribution in [-0.4, -0.2) is 51.0 Å². The van der Waals surface area contributed by atoms with Crippen molar-refractivity contribution < 1.29 is 19.8 Å². The van der Waals surface area contributed by atoms with Gasteiger partial charge in [0.2, 0.25) is 5.91 Å². The monoisotopic (exact) mass is 188 g/mol. The number of urea groups is 1. The molecule has 0 aromatic rings. The summed E-state index contributed by atoms with van der Waals surface area (Å²) in [5.41, 5.74) is 0. The van der Waals surface area contributed by atoms with Gasteiger partial charge in [-0.3, -0.25) is 14.6 Å². The second-order valence-corrected chi connectivity index (χ2v) is 3.20. The minimum absolute atomic E-state index is 0.445. The number of aliphatic hydroxyl groups is 2. The predicted molar refractivity (Wildman–Crippen MR) is 42.3 cm³/mol. The number of hydrogen-bond acceptors (Lipinski definition) is 4. The van der Waals surface area contributed by atoms with Gasteiger partial charge < -0.3 is 10.2 Å². The standard InChI is InChI=1S/C7H12N2O4/c1-4-5(10)8(3)6(11)9(4)7(2,12)13/h4,12-13H,1-3H3. The van der Waals surface area contributed by atoms with E-state index in [0.717, 1.165) is 16.7 Å². The van der Waals surface area contributed by atoms with Crippen LogP contribution in [0.1, 0.15) is 13.8 Å². The lowest BCUT2D eigenvalue weighted by molar-refractivity contribution is -0.234. The van der Waals surface area contributed by atoms with Gasteiger partial charge in [-0.1, -0.05) is 0 Å². The summed E-state index contributed by atoms with van der Waals surface area (Å²) in [6, 6.07) is -1.54. The molecule has 1 rings (SSSR count). The van der Waals surface area contributed by atoms with Crippen LogP contribution in [0.2, 0.25) is 0 Å². The van der Waals surface area contributed by atoms with Crippen LogP contribution in [-0.2, 0) is 4.79 Å². The van der Waals surface area contributed by atoms with E-state index >= 15 is 0 Å². The van der Waals surface area contributed by atoms with E-state index in [4.69, 9.17) is 0 Å². The molecule has 0 radical (unpaired) electrons. The molecular formula is C7H12N2O4. The van der Waals surface area contributed by atoms with E-state index in [-0.39, 0.29) is 0 Å². The summed E-state index contributed by atoms with van der Waals surface area (Å²) in [5.74, 6) is -2.74. The molecule has 1 heterocycles. The van der Waals surface area contributed by atoms with Crippen LogP contribution in [0.3, 0.4) is 0 Å². The molecule has 1 atom stereocenters. The molecule has 0 aliphatic carbocycles. The molecule has 0 bridgehead atoms. The first kappa shape index (κ1) is 9.94. The number of carbonyl (C=O) groups is 2. The first-order chi connectivity index (χ1) is 5.76. The number of imide groups is 1. The van der Waals surface area contributed by atoms with Gasteiger partial charge in [-0.25, -0.2) is 4.79 Å². The van der Waals surface area contributed by atoms with E-state index < -0.39 is 23.9 Å². The summed E-state index contributed by atoms with van der Waals surface area (Å²) in [7, 11) is 1.30. The van der Waals surface area contributed by atoms with Gasteiger partial charge in [-0.2, -0.15) is 0 Å². The Bertz CT molecular complexity index is 258. The van der Waals surface area contributed by atoms with Crippen molar-refractivity contribution in [2.24, 2.45) is 0 Å². The third kappa shape index (κ3) is 1.38. The van der Waals surface area contributed by atoms with E-state index in [0.29, 0.717) is 0 Å². The zero-order valence-electron chi connectivity index (χ0n) is 7.68. The highest BCUT2D eigenvalue weighted by molar-refractivity contribution is 6.03. The van der Waals surface area contributed by atoms with Crippen LogP contribution in [0.25, 0.3) is 0 Å². The van der Waals surface area contributed by atoms with Crippen LogP contribution < -0.4 is 0 Å². The molecule has 0 aromatic carbocycles. The summed E-state index contributed by atoms with van der Waals surface area (Å²) in [5, 5.41) is 18.4. The molecule has 1 unspecified atom stereocenters. The van der Waals surface area contributed by atoms with Crippen molar-refractivity contribution in [3.05, 3.63) is 0 Å². The second-order valence-electron chi connectivity index (χ2n) is 3.20. The number of carbonyl (C=O) groups excluding carboxylic acids is 2. The van der Waals surface area contributed by atoms with Gasteiger partial charge >= 0.3 is 6.03 Å². The van der Waals surface area contributed by atoms with Gasteiger partial charge in [0.15, 0.2) is 0 Å². The fourth-order valence-electron chi connectivity index (χ4n) is 1.36. The van der Waals surface area contributed by atoms with E-state index in [2.05, 4.69) is 0 Å². The normalized spacial score (nSPS) is 24.5. The van der Waals surface area contributed by atoms with Crippen molar-refractivity contribution >= 4 is 11.9 Å². The van der Waals surface area contributed by atoms with Gasteiger partial charge in [0, 0.05) is 14.0 Å². The molecule has 0 saturated carbocycles. The second kappa shape index (κ2) is 2.68. The molecular weight excluding hydrogens is 176 g/mol. The molecule has 6 nitrogen and oxygen atoms in total. The Morgan fingerprint density at radius 3 is 2.00 bits per heavy atom.